The van der Waals surface area contributed by atoms with Crippen LogP contribution < -0.4 is 10.9 Å². The number of aromatic nitrogens is 3. The molecule has 2 fully saturated rings. The fraction of sp³-hybridized carbons (Fsp3) is 0.600. The molecule has 35 heavy (non-hydrogen) atoms. The van der Waals surface area contributed by atoms with Gasteiger partial charge in [0.1, 0.15) is 5.65 Å². The fourth-order valence-electron chi connectivity index (χ4n) is 4.68. The number of nitrogens with zero attached hydrogens (tertiary/aromatic N) is 5. The van der Waals surface area contributed by atoms with Gasteiger partial charge in [-0.25, -0.2) is 0 Å². The van der Waals surface area contributed by atoms with E-state index < -0.39 is 17.3 Å². The minimum atomic E-state index is -0.588. The molecule has 0 aromatic carbocycles. The number of carbonyl (C=O) groups is 2. The summed E-state index contributed by atoms with van der Waals surface area (Å²) in [6.45, 7) is 13.5. The van der Waals surface area contributed by atoms with Crippen LogP contribution >= 0.6 is 0 Å². The summed E-state index contributed by atoms with van der Waals surface area (Å²) in [7, 11) is 0. The van der Waals surface area contributed by atoms with Gasteiger partial charge in [-0.15, -0.1) is 0 Å². The van der Waals surface area contributed by atoms with Crippen molar-refractivity contribution >= 4 is 23.5 Å². The lowest BCUT2D eigenvalue weighted by Crippen LogP contribution is -2.53. The number of nitrogens with one attached hydrogen (secondary N) is 1. The number of aromatic hydroxyl groups is 1. The molecule has 10 nitrogen and oxygen atoms in total. The minimum absolute atomic E-state index is 0.0426. The zero-order chi connectivity index (χ0) is 25.4. The predicted octanol–water partition coefficient (Wildman–Crippen LogP) is 1.62. The van der Waals surface area contributed by atoms with Crippen molar-refractivity contribution in [3.63, 3.8) is 0 Å². The van der Waals surface area contributed by atoms with Crippen molar-refractivity contribution in [2.75, 3.05) is 26.2 Å². The van der Waals surface area contributed by atoms with Crippen LogP contribution in [-0.4, -0.2) is 79.2 Å². The summed E-state index contributed by atoms with van der Waals surface area (Å²) in [4.78, 5) is 43.4. The average molecular weight is 485 g/mol. The SMILES string of the molecule is CCN1CCN(C(=O)/C=C/c2c(C)nn3c(O)c(C(=O)NC4CC4)c(=O)n(CC(C)C)c23)[C@H](C)C1. The van der Waals surface area contributed by atoms with Crippen LogP contribution in [0.4, 0.5) is 0 Å². The number of hydrogen-bond acceptors (Lipinski definition) is 6. The number of likely N-dealkylation sites (N-methyl/N-ethyl adjacent to an activating group) is 1. The smallest absolute Gasteiger partial charge is 0.270 e. The standard InChI is InChI=1S/C25H36N6O4/c1-6-28-11-12-29(16(4)14-28)20(32)10-9-19-17(5)27-31-23(19)30(13-15(2)3)24(34)21(25(31)35)22(33)26-18-7-8-18/h9-10,15-16,18,35H,6-8,11-14H2,1-5H3,(H,26,33)/b10-9+/t16-/m1/s1. The summed E-state index contributed by atoms with van der Waals surface area (Å²) in [5, 5.41) is 18.1. The van der Waals surface area contributed by atoms with Gasteiger partial charge in [0, 0.05) is 49.9 Å². The molecule has 2 aromatic heterocycles. The first kappa shape index (κ1) is 25.0. The Kier molecular flexibility index (Phi) is 7.02. The topological polar surface area (TPSA) is 112 Å². The number of piperazine rings is 1. The third-order valence-corrected chi connectivity index (χ3v) is 6.74. The first-order valence-electron chi connectivity index (χ1n) is 12.5. The first-order chi connectivity index (χ1) is 16.6. The Labute approximate surface area is 205 Å². The molecule has 2 aliphatic rings. The van der Waals surface area contributed by atoms with Crippen LogP contribution in [0.5, 0.6) is 5.88 Å². The van der Waals surface area contributed by atoms with Crippen LogP contribution in [0.15, 0.2) is 10.9 Å². The van der Waals surface area contributed by atoms with Crippen molar-refractivity contribution in [1.82, 2.24) is 29.3 Å². The predicted molar refractivity (Wildman–Crippen MR) is 134 cm³/mol. The summed E-state index contributed by atoms with van der Waals surface area (Å²) in [6, 6.07) is 0.141. The molecule has 1 aliphatic heterocycles. The lowest BCUT2D eigenvalue weighted by Gasteiger charge is -2.39. The van der Waals surface area contributed by atoms with E-state index in [4.69, 9.17) is 0 Å². The van der Waals surface area contributed by atoms with E-state index in [1.165, 1.54) is 15.2 Å². The van der Waals surface area contributed by atoms with Crippen LogP contribution in [0.25, 0.3) is 11.7 Å². The van der Waals surface area contributed by atoms with E-state index in [2.05, 4.69) is 22.2 Å². The molecule has 10 heteroatoms. The molecule has 4 rings (SSSR count). The average Bonchev–Trinajstić information content (AvgIpc) is 3.55. The maximum atomic E-state index is 13.4. The normalized spacial score (nSPS) is 19.3. The van der Waals surface area contributed by atoms with Gasteiger partial charge in [0.15, 0.2) is 5.56 Å². The van der Waals surface area contributed by atoms with Crippen molar-refractivity contribution < 1.29 is 14.7 Å². The number of fused-ring (bicyclic) bond motifs is 1. The quantitative estimate of drug-likeness (QED) is 0.578. The van der Waals surface area contributed by atoms with Gasteiger partial charge in [-0.3, -0.25) is 23.9 Å². The summed E-state index contributed by atoms with van der Waals surface area (Å²) in [5.41, 5.74) is 0.619. The van der Waals surface area contributed by atoms with E-state index >= 15 is 0 Å². The molecule has 2 N–H and O–H groups in total. The van der Waals surface area contributed by atoms with E-state index in [-0.39, 0.29) is 29.5 Å². The Balaban J connectivity index is 1.74. The molecule has 1 saturated carbocycles. The van der Waals surface area contributed by atoms with Gasteiger partial charge in [-0.1, -0.05) is 20.8 Å². The van der Waals surface area contributed by atoms with Crippen molar-refractivity contribution in [3.05, 3.63) is 33.3 Å². The summed E-state index contributed by atoms with van der Waals surface area (Å²) < 4.78 is 2.73. The number of hydrogen-bond donors (Lipinski definition) is 2. The monoisotopic (exact) mass is 484 g/mol. The van der Waals surface area contributed by atoms with Crippen molar-refractivity contribution in [3.8, 4) is 5.88 Å². The van der Waals surface area contributed by atoms with E-state index in [0.29, 0.717) is 30.0 Å². The van der Waals surface area contributed by atoms with Gasteiger partial charge in [0.25, 0.3) is 11.5 Å². The zero-order valence-corrected chi connectivity index (χ0v) is 21.2. The highest BCUT2D eigenvalue weighted by Gasteiger charge is 2.30. The fourth-order valence-corrected chi connectivity index (χ4v) is 4.68. The lowest BCUT2D eigenvalue weighted by atomic mass is 10.1. The van der Waals surface area contributed by atoms with Gasteiger partial charge in [-0.2, -0.15) is 9.61 Å². The maximum absolute atomic E-state index is 13.4. The molecule has 2 aromatic rings. The van der Waals surface area contributed by atoms with Gasteiger partial charge < -0.3 is 15.3 Å². The van der Waals surface area contributed by atoms with Gasteiger partial charge in [0.2, 0.25) is 11.8 Å². The molecule has 2 amide bonds. The summed E-state index contributed by atoms with van der Waals surface area (Å²) >= 11 is 0. The number of carbonyl (C=O) groups excluding carboxylic acids is 2. The van der Waals surface area contributed by atoms with Crippen LogP contribution in [0.1, 0.15) is 62.2 Å². The molecule has 1 aliphatic carbocycles. The summed E-state index contributed by atoms with van der Waals surface area (Å²) in [5.74, 6) is -1.07. The second kappa shape index (κ2) is 9.85. The third-order valence-electron chi connectivity index (χ3n) is 6.74. The molecule has 190 valence electrons. The van der Waals surface area contributed by atoms with Crippen LogP contribution in [0.2, 0.25) is 0 Å². The minimum Gasteiger partial charge on any atom is -0.492 e. The molecule has 0 unspecified atom stereocenters. The molecular weight excluding hydrogens is 448 g/mol. The molecular formula is C25H36N6O4. The highest BCUT2D eigenvalue weighted by atomic mass is 16.3. The van der Waals surface area contributed by atoms with Crippen LogP contribution in [-0.2, 0) is 11.3 Å². The zero-order valence-electron chi connectivity index (χ0n) is 21.2. The Morgan fingerprint density at radius 3 is 2.57 bits per heavy atom. The van der Waals surface area contributed by atoms with Crippen molar-refractivity contribution in [1.29, 1.82) is 0 Å². The third kappa shape index (κ3) is 4.98. The Morgan fingerprint density at radius 1 is 1.26 bits per heavy atom. The second-order valence-electron chi connectivity index (χ2n) is 10.1. The van der Waals surface area contributed by atoms with E-state index in [9.17, 15) is 19.5 Å². The maximum Gasteiger partial charge on any atom is 0.270 e. The molecule has 0 radical (unpaired) electrons. The van der Waals surface area contributed by atoms with Crippen LogP contribution in [0.3, 0.4) is 0 Å². The van der Waals surface area contributed by atoms with Gasteiger partial charge in [0.05, 0.1) is 5.69 Å². The first-order valence-corrected chi connectivity index (χ1v) is 12.5. The van der Waals surface area contributed by atoms with Gasteiger partial charge >= 0.3 is 0 Å². The van der Waals surface area contributed by atoms with Crippen molar-refractivity contribution in [2.24, 2.45) is 5.92 Å². The molecule has 0 spiro atoms. The Bertz CT molecular complexity index is 1220. The number of rotatable bonds is 7. The molecule has 1 atom stereocenters. The Hall–Kier alpha value is -3.14. The second-order valence-corrected chi connectivity index (χ2v) is 10.1. The lowest BCUT2D eigenvalue weighted by molar-refractivity contribution is -0.130. The molecule has 0 bridgehead atoms. The number of aryl methyl sites for hydroxylation is 1. The highest BCUT2D eigenvalue weighted by Crippen LogP contribution is 2.25. The molecule has 1 saturated heterocycles. The van der Waals surface area contributed by atoms with Crippen LogP contribution in [0, 0.1) is 12.8 Å². The number of amides is 2. The largest absolute Gasteiger partial charge is 0.492 e. The van der Waals surface area contributed by atoms with Gasteiger partial charge in [-0.05, 0) is 45.2 Å². The Morgan fingerprint density at radius 2 is 1.97 bits per heavy atom. The molecule has 3 heterocycles. The highest BCUT2D eigenvalue weighted by molar-refractivity contribution is 5.97. The van der Waals surface area contributed by atoms with Crippen molar-refractivity contribution in [2.45, 2.75) is 66.1 Å². The summed E-state index contributed by atoms with van der Waals surface area (Å²) in [6.07, 6.45) is 4.91. The van der Waals surface area contributed by atoms with E-state index in [0.717, 1.165) is 32.5 Å². The van der Waals surface area contributed by atoms with E-state index in [1.54, 1.807) is 13.0 Å². The van der Waals surface area contributed by atoms with E-state index in [1.807, 2.05) is 25.7 Å².